The number of thiophene rings is 1. The van der Waals surface area contributed by atoms with Crippen LogP contribution in [0.2, 0.25) is 0 Å². The third kappa shape index (κ3) is 3.84. The van der Waals surface area contributed by atoms with Gasteiger partial charge in [0.05, 0.1) is 17.6 Å². The van der Waals surface area contributed by atoms with Gasteiger partial charge in [0, 0.05) is 25.5 Å². The van der Waals surface area contributed by atoms with Crippen LogP contribution in [0.4, 0.5) is 0 Å². The molecule has 3 rings (SSSR count). The summed E-state index contributed by atoms with van der Waals surface area (Å²) in [4.78, 5) is 29.4. The Balaban J connectivity index is 1.94. The summed E-state index contributed by atoms with van der Waals surface area (Å²) in [5.74, 6) is -0.466. The van der Waals surface area contributed by atoms with Gasteiger partial charge in [-0.3, -0.25) is 9.36 Å². The molecule has 0 fully saturated rings. The molecule has 0 amide bonds. The number of carbonyl (C=O) groups is 1. The van der Waals surface area contributed by atoms with Crippen LogP contribution in [-0.4, -0.2) is 34.3 Å². The predicted molar refractivity (Wildman–Crippen MR) is 101 cm³/mol. The van der Waals surface area contributed by atoms with Gasteiger partial charge in [-0.1, -0.05) is 30.3 Å². The fourth-order valence-corrected chi connectivity index (χ4v) is 3.85. The Hall–Kier alpha value is -2.51. The number of benzene rings is 1. The van der Waals surface area contributed by atoms with Crippen LogP contribution in [0.15, 0.2) is 40.5 Å². The van der Waals surface area contributed by atoms with Gasteiger partial charge in [0.15, 0.2) is 0 Å². The number of hydrogen-bond donors (Lipinski definition) is 1. The monoisotopic (exact) mass is 372 g/mol. The second-order valence-corrected chi connectivity index (χ2v) is 6.81. The Morgan fingerprint density at radius 3 is 2.73 bits per heavy atom. The molecule has 7 heteroatoms. The van der Waals surface area contributed by atoms with E-state index in [2.05, 4.69) is 17.1 Å². The summed E-state index contributed by atoms with van der Waals surface area (Å²) in [5, 5.41) is 11.0. The minimum atomic E-state index is -1.10. The molecule has 0 bridgehead atoms. The van der Waals surface area contributed by atoms with Gasteiger partial charge >= 0.3 is 5.97 Å². The summed E-state index contributed by atoms with van der Waals surface area (Å²) in [6.07, 6.45) is 2.11. The highest BCUT2D eigenvalue weighted by molar-refractivity contribution is 7.17. The van der Waals surface area contributed by atoms with E-state index in [9.17, 15) is 14.7 Å². The first-order chi connectivity index (χ1) is 12.6. The summed E-state index contributed by atoms with van der Waals surface area (Å²) in [6.45, 7) is 0.943. The Labute approximate surface area is 154 Å². The maximum Gasteiger partial charge on any atom is 0.337 e. The number of carboxylic acid groups (broad SMARTS) is 1. The molecule has 0 saturated heterocycles. The average Bonchev–Trinajstić information content (AvgIpc) is 3.07. The molecule has 0 radical (unpaired) electrons. The smallest absolute Gasteiger partial charge is 0.337 e. The molecule has 3 aromatic rings. The van der Waals surface area contributed by atoms with Gasteiger partial charge in [0.2, 0.25) is 0 Å². The van der Waals surface area contributed by atoms with Crippen molar-refractivity contribution in [2.24, 2.45) is 0 Å². The molecule has 26 heavy (non-hydrogen) atoms. The van der Waals surface area contributed by atoms with Crippen LogP contribution >= 0.6 is 11.3 Å². The van der Waals surface area contributed by atoms with E-state index in [1.807, 2.05) is 18.2 Å². The molecular formula is C19H20N2O4S. The lowest BCUT2D eigenvalue weighted by Crippen LogP contribution is -2.27. The van der Waals surface area contributed by atoms with E-state index in [1.165, 1.54) is 22.3 Å². The maximum atomic E-state index is 13.0. The number of ether oxygens (including phenoxy) is 1. The standard InChI is InChI=1S/C19H20N2O4S/c1-25-11-9-15-20-17-16(14(12-26-17)19(23)24)18(22)21(15)10-5-8-13-6-3-2-4-7-13/h2-4,6-7,12H,5,8-11H2,1H3,(H,23,24). The van der Waals surface area contributed by atoms with Gasteiger partial charge in [-0.25, -0.2) is 9.78 Å². The van der Waals surface area contributed by atoms with Gasteiger partial charge in [-0.15, -0.1) is 11.3 Å². The van der Waals surface area contributed by atoms with Gasteiger partial charge in [-0.2, -0.15) is 0 Å². The third-order valence-electron chi connectivity index (χ3n) is 4.22. The van der Waals surface area contributed by atoms with E-state index in [1.54, 1.807) is 11.7 Å². The number of carboxylic acids is 1. The molecule has 2 heterocycles. The van der Waals surface area contributed by atoms with Crippen LogP contribution in [0.3, 0.4) is 0 Å². The minimum Gasteiger partial charge on any atom is -0.478 e. The Morgan fingerprint density at radius 2 is 2.04 bits per heavy atom. The molecular weight excluding hydrogens is 352 g/mol. The Kier molecular flexibility index (Phi) is 5.80. The van der Waals surface area contributed by atoms with Crippen molar-refractivity contribution in [1.82, 2.24) is 9.55 Å². The first kappa shape index (κ1) is 18.3. The summed E-state index contributed by atoms with van der Waals surface area (Å²) >= 11 is 1.19. The third-order valence-corrected chi connectivity index (χ3v) is 5.10. The first-order valence-corrected chi connectivity index (χ1v) is 9.27. The lowest BCUT2D eigenvalue weighted by molar-refractivity contribution is 0.0699. The van der Waals surface area contributed by atoms with Crippen molar-refractivity contribution in [3.63, 3.8) is 0 Å². The summed E-state index contributed by atoms with van der Waals surface area (Å²) < 4.78 is 6.72. The van der Waals surface area contributed by atoms with Crippen LogP contribution in [-0.2, 0) is 24.1 Å². The molecule has 0 unspecified atom stereocenters. The fraction of sp³-hybridized carbons (Fsp3) is 0.316. The maximum absolute atomic E-state index is 13.0. The van der Waals surface area contributed by atoms with Gasteiger partial charge < -0.3 is 9.84 Å². The molecule has 6 nitrogen and oxygen atoms in total. The fourth-order valence-electron chi connectivity index (χ4n) is 2.92. The number of rotatable bonds is 8. The molecule has 0 aliphatic rings. The summed E-state index contributed by atoms with van der Waals surface area (Å²) in [6, 6.07) is 10.1. The van der Waals surface area contributed by atoms with Crippen molar-refractivity contribution >= 4 is 27.5 Å². The quantitative estimate of drug-likeness (QED) is 0.657. The average molecular weight is 372 g/mol. The molecule has 0 aliphatic carbocycles. The first-order valence-electron chi connectivity index (χ1n) is 8.39. The number of fused-ring (bicyclic) bond motifs is 1. The predicted octanol–water partition coefficient (Wildman–Crippen LogP) is 2.98. The number of aryl methyl sites for hydroxylation is 1. The van der Waals surface area contributed by atoms with E-state index in [-0.39, 0.29) is 16.5 Å². The van der Waals surface area contributed by atoms with Gasteiger partial charge in [0.1, 0.15) is 10.7 Å². The number of aromatic nitrogens is 2. The molecule has 1 aromatic carbocycles. The number of hydrogen-bond acceptors (Lipinski definition) is 5. The Morgan fingerprint density at radius 1 is 1.27 bits per heavy atom. The molecule has 136 valence electrons. The van der Waals surface area contributed by atoms with Crippen molar-refractivity contribution in [3.8, 4) is 0 Å². The van der Waals surface area contributed by atoms with Crippen molar-refractivity contribution < 1.29 is 14.6 Å². The lowest BCUT2D eigenvalue weighted by atomic mass is 10.1. The van der Waals surface area contributed by atoms with Gasteiger partial charge in [-0.05, 0) is 18.4 Å². The highest BCUT2D eigenvalue weighted by atomic mass is 32.1. The van der Waals surface area contributed by atoms with E-state index in [0.29, 0.717) is 30.2 Å². The zero-order chi connectivity index (χ0) is 18.5. The van der Waals surface area contributed by atoms with Crippen molar-refractivity contribution in [2.45, 2.75) is 25.8 Å². The van der Waals surface area contributed by atoms with Crippen LogP contribution in [0.1, 0.15) is 28.2 Å². The van der Waals surface area contributed by atoms with Crippen molar-refractivity contribution in [2.75, 3.05) is 13.7 Å². The van der Waals surface area contributed by atoms with Crippen molar-refractivity contribution in [3.05, 3.63) is 63.0 Å². The van der Waals surface area contributed by atoms with Gasteiger partial charge in [0.25, 0.3) is 5.56 Å². The molecule has 0 aliphatic heterocycles. The lowest BCUT2D eigenvalue weighted by Gasteiger charge is -2.12. The normalized spacial score (nSPS) is 11.1. The Bertz CT molecular complexity index is 963. The minimum absolute atomic E-state index is 0.0256. The van der Waals surface area contributed by atoms with Crippen LogP contribution in [0, 0.1) is 0 Å². The molecule has 1 N–H and O–H groups in total. The largest absolute Gasteiger partial charge is 0.478 e. The summed E-state index contributed by atoms with van der Waals surface area (Å²) in [7, 11) is 1.60. The second kappa shape index (κ2) is 8.25. The molecule has 2 aromatic heterocycles. The van der Waals surface area contributed by atoms with E-state index in [0.717, 1.165) is 12.8 Å². The topological polar surface area (TPSA) is 81.4 Å². The number of nitrogens with zero attached hydrogens (tertiary/aromatic N) is 2. The van der Waals surface area contributed by atoms with Crippen LogP contribution < -0.4 is 5.56 Å². The zero-order valence-corrected chi connectivity index (χ0v) is 15.3. The molecule has 0 saturated carbocycles. The van der Waals surface area contributed by atoms with Crippen LogP contribution in [0.25, 0.3) is 10.2 Å². The zero-order valence-electron chi connectivity index (χ0n) is 14.5. The highest BCUT2D eigenvalue weighted by Gasteiger charge is 2.19. The van der Waals surface area contributed by atoms with E-state index >= 15 is 0 Å². The van der Waals surface area contributed by atoms with Crippen LogP contribution in [0.5, 0.6) is 0 Å². The molecule has 0 atom stereocenters. The second-order valence-electron chi connectivity index (χ2n) is 5.95. The SMILES string of the molecule is COCCc1nc2scc(C(=O)O)c2c(=O)n1CCCc1ccccc1. The molecule has 0 spiro atoms. The van der Waals surface area contributed by atoms with E-state index < -0.39 is 5.97 Å². The number of aromatic carboxylic acids is 1. The van der Waals surface area contributed by atoms with E-state index in [4.69, 9.17) is 4.74 Å². The highest BCUT2D eigenvalue weighted by Crippen LogP contribution is 2.22. The summed E-state index contributed by atoms with van der Waals surface area (Å²) in [5.41, 5.74) is 0.945. The van der Waals surface area contributed by atoms with Crippen molar-refractivity contribution in [1.29, 1.82) is 0 Å². The number of methoxy groups -OCH3 is 1.